The Morgan fingerprint density at radius 3 is 3.12 bits per heavy atom. The number of benzene rings is 1. The molecular formula is C12H14FN3. The first-order chi connectivity index (χ1) is 7.72. The third-order valence-corrected chi connectivity index (χ3v) is 3.25. The fraction of sp³-hybridized carbons (Fsp3) is 0.417. The molecule has 1 fully saturated rings. The van der Waals surface area contributed by atoms with Gasteiger partial charge in [-0.25, -0.2) is 9.37 Å². The van der Waals surface area contributed by atoms with E-state index in [4.69, 9.17) is 0 Å². The lowest BCUT2D eigenvalue weighted by Crippen LogP contribution is -2.05. The fourth-order valence-electron chi connectivity index (χ4n) is 1.98. The molecule has 1 aliphatic carbocycles. The average molecular weight is 219 g/mol. The number of hydrogen-bond donors (Lipinski definition) is 2. The number of nitrogens with one attached hydrogen (secondary N) is 2. The molecular weight excluding hydrogens is 205 g/mol. The molecule has 2 N–H and O–H groups in total. The standard InChI is InChI=1S/C12H14FN3/c1-7-4-8(7)6-14-12-15-10-3-2-9(13)5-11(10)16-12/h2-3,5,7-8H,4,6H2,1H3,(H2,14,15,16). The van der Waals surface area contributed by atoms with Gasteiger partial charge in [0.2, 0.25) is 5.95 Å². The first-order valence-corrected chi connectivity index (χ1v) is 5.61. The number of halogens is 1. The summed E-state index contributed by atoms with van der Waals surface area (Å²) in [6.07, 6.45) is 1.29. The Labute approximate surface area is 93.1 Å². The van der Waals surface area contributed by atoms with Gasteiger partial charge in [0.05, 0.1) is 11.0 Å². The summed E-state index contributed by atoms with van der Waals surface area (Å²) in [6, 6.07) is 4.58. The van der Waals surface area contributed by atoms with Crippen LogP contribution in [0, 0.1) is 17.7 Å². The van der Waals surface area contributed by atoms with Crippen molar-refractivity contribution in [2.24, 2.45) is 11.8 Å². The predicted octanol–water partition coefficient (Wildman–Crippen LogP) is 2.77. The molecule has 0 radical (unpaired) electrons. The lowest BCUT2D eigenvalue weighted by Gasteiger charge is -1.99. The van der Waals surface area contributed by atoms with E-state index in [1.165, 1.54) is 18.6 Å². The van der Waals surface area contributed by atoms with Gasteiger partial charge in [0.15, 0.2) is 0 Å². The third kappa shape index (κ3) is 1.75. The maximum atomic E-state index is 13.0. The van der Waals surface area contributed by atoms with E-state index < -0.39 is 0 Å². The van der Waals surface area contributed by atoms with Crippen LogP contribution in [-0.4, -0.2) is 16.5 Å². The molecule has 0 spiro atoms. The highest BCUT2D eigenvalue weighted by molar-refractivity contribution is 5.77. The van der Waals surface area contributed by atoms with Gasteiger partial charge in [0.1, 0.15) is 5.82 Å². The van der Waals surface area contributed by atoms with Gasteiger partial charge in [-0.15, -0.1) is 0 Å². The molecule has 2 aromatic rings. The smallest absolute Gasteiger partial charge is 0.201 e. The van der Waals surface area contributed by atoms with E-state index in [9.17, 15) is 4.39 Å². The number of hydrogen-bond acceptors (Lipinski definition) is 2. The summed E-state index contributed by atoms with van der Waals surface area (Å²) in [5.41, 5.74) is 1.54. The number of aromatic amines is 1. The molecule has 1 saturated carbocycles. The molecule has 0 saturated heterocycles. The minimum absolute atomic E-state index is 0.237. The molecule has 2 unspecified atom stereocenters. The number of nitrogens with zero attached hydrogens (tertiary/aromatic N) is 1. The SMILES string of the molecule is CC1CC1CNc1nc2ccc(F)cc2[nH]1. The Kier molecular flexibility index (Phi) is 2.09. The summed E-state index contributed by atoms with van der Waals surface area (Å²) in [6.45, 7) is 3.20. The molecule has 1 aliphatic rings. The number of fused-ring (bicyclic) bond motifs is 1. The number of H-pyrrole nitrogens is 1. The molecule has 16 heavy (non-hydrogen) atoms. The van der Waals surface area contributed by atoms with Crippen molar-refractivity contribution in [3.8, 4) is 0 Å². The highest BCUT2D eigenvalue weighted by atomic mass is 19.1. The quantitative estimate of drug-likeness (QED) is 0.833. The normalized spacial score (nSPS) is 23.6. The third-order valence-electron chi connectivity index (χ3n) is 3.25. The zero-order valence-electron chi connectivity index (χ0n) is 9.13. The van der Waals surface area contributed by atoms with Crippen LogP contribution in [0.1, 0.15) is 13.3 Å². The lowest BCUT2D eigenvalue weighted by molar-refractivity contribution is 0.629. The highest BCUT2D eigenvalue weighted by Gasteiger charge is 2.32. The summed E-state index contributed by atoms with van der Waals surface area (Å²) >= 11 is 0. The summed E-state index contributed by atoms with van der Waals surface area (Å²) in [4.78, 5) is 7.42. The van der Waals surface area contributed by atoms with Crippen molar-refractivity contribution in [1.29, 1.82) is 0 Å². The second-order valence-corrected chi connectivity index (χ2v) is 4.60. The largest absolute Gasteiger partial charge is 0.356 e. The summed E-state index contributed by atoms with van der Waals surface area (Å²) in [5.74, 6) is 2.09. The van der Waals surface area contributed by atoms with E-state index >= 15 is 0 Å². The number of imidazole rings is 1. The summed E-state index contributed by atoms with van der Waals surface area (Å²) in [7, 11) is 0. The highest BCUT2D eigenvalue weighted by Crippen LogP contribution is 2.37. The van der Waals surface area contributed by atoms with E-state index in [0.29, 0.717) is 0 Å². The van der Waals surface area contributed by atoms with Crippen molar-refractivity contribution in [1.82, 2.24) is 9.97 Å². The van der Waals surface area contributed by atoms with Crippen molar-refractivity contribution >= 4 is 17.0 Å². The van der Waals surface area contributed by atoms with Crippen LogP contribution in [0.15, 0.2) is 18.2 Å². The fourth-order valence-corrected chi connectivity index (χ4v) is 1.98. The Hall–Kier alpha value is -1.58. The topological polar surface area (TPSA) is 40.7 Å². The lowest BCUT2D eigenvalue weighted by atomic mass is 10.3. The van der Waals surface area contributed by atoms with E-state index in [0.717, 1.165) is 35.4 Å². The van der Waals surface area contributed by atoms with Crippen LogP contribution in [0.2, 0.25) is 0 Å². The van der Waals surface area contributed by atoms with Gasteiger partial charge in [-0.05, 0) is 36.5 Å². The zero-order valence-corrected chi connectivity index (χ0v) is 9.13. The first kappa shape index (κ1) is 9.63. The molecule has 1 heterocycles. The van der Waals surface area contributed by atoms with Gasteiger partial charge in [-0.3, -0.25) is 0 Å². The maximum Gasteiger partial charge on any atom is 0.201 e. The molecule has 0 bridgehead atoms. The molecule has 1 aromatic heterocycles. The van der Waals surface area contributed by atoms with Crippen LogP contribution in [0.4, 0.5) is 10.3 Å². The molecule has 3 nitrogen and oxygen atoms in total. The Balaban J connectivity index is 1.77. The van der Waals surface area contributed by atoms with Crippen molar-refractivity contribution in [2.75, 3.05) is 11.9 Å². The van der Waals surface area contributed by atoms with Crippen LogP contribution in [0.3, 0.4) is 0 Å². The van der Waals surface area contributed by atoms with Crippen LogP contribution in [0.25, 0.3) is 11.0 Å². The molecule has 2 atom stereocenters. The minimum atomic E-state index is -0.237. The molecule has 3 rings (SSSR count). The van der Waals surface area contributed by atoms with Crippen LogP contribution in [0.5, 0.6) is 0 Å². The van der Waals surface area contributed by atoms with E-state index in [1.54, 1.807) is 6.07 Å². The van der Waals surface area contributed by atoms with Crippen LogP contribution in [-0.2, 0) is 0 Å². The van der Waals surface area contributed by atoms with Gasteiger partial charge in [0.25, 0.3) is 0 Å². The molecule has 84 valence electrons. The van der Waals surface area contributed by atoms with Crippen molar-refractivity contribution in [3.05, 3.63) is 24.0 Å². The monoisotopic (exact) mass is 219 g/mol. The van der Waals surface area contributed by atoms with E-state index in [2.05, 4.69) is 22.2 Å². The van der Waals surface area contributed by atoms with Gasteiger partial charge < -0.3 is 10.3 Å². The Morgan fingerprint density at radius 1 is 1.56 bits per heavy atom. The average Bonchev–Trinajstić information content (AvgIpc) is 2.81. The number of anilines is 1. The van der Waals surface area contributed by atoms with Gasteiger partial charge in [0, 0.05) is 6.54 Å². The van der Waals surface area contributed by atoms with Gasteiger partial charge in [-0.2, -0.15) is 0 Å². The second-order valence-electron chi connectivity index (χ2n) is 4.60. The zero-order chi connectivity index (χ0) is 11.1. The van der Waals surface area contributed by atoms with Gasteiger partial charge >= 0.3 is 0 Å². The minimum Gasteiger partial charge on any atom is -0.356 e. The first-order valence-electron chi connectivity index (χ1n) is 5.61. The number of rotatable bonds is 3. The van der Waals surface area contributed by atoms with Crippen molar-refractivity contribution < 1.29 is 4.39 Å². The van der Waals surface area contributed by atoms with E-state index in [1.807, 2.05) is 0 Å². The predicted molar refractivity (Wildman–Crippen MR) is 61.8 cm³/mol. The second kappa shape index (κ2) is 3.47. The van der Waals surface area contributed by atoms with Gasteiger partial charge in [-0.1, -0.05) is 6.92 Å². The number of aromatic nitrogens is 2. The van der Waals surface area contributed by atoms with Crippen LogP contribution < -0.4 is 5.32 Å². The van der Waals surface area contributed by atoms with Crippen molar-refractivity contribution in [3.63, 3.8) is 0 Å². The van der Waals surface area contributed by atoms with Crippen LogP contribution >= 0.6 is 0 Å². The molecule has 0 aliphatic heterocycles. The maximum absolute atomic E-state index is 13.0. The molecule has 0 amide bonds. The Morgan fingerprint density at radius 2 is 2.38 bits per heavy atom. The van der Waals surface area contributed by atoms with E-state index in [-0.39, 0.29) is 5.82 Å². The van der Waals surface area contributed by atoms with Crippen molar-refractivity contribution in [2.45, 2.75) is 13.3 Å². The Bertz CT molecular complexity index is 520. The molecule has 1 aromatic carbocycles. The summed E-state index contributed by atoms with van der Waals surface area (Å²) < 4.78 is 13.0. The summed E-state index contributed by atoms with van der Waals surface area (Å²) in [5, 5.41) is 3.26. The molecule has 4 heteroatoms.